The molecule has 0 unspecified atom stereocenters. The average Bonchev–Trinajstić information content (AvgIpc) is 2.55. The van der Waals surface area contributed by atoms with E-state index in [1.165, 1.54) is 0 Å². The molecule has 0 aromatic heterocycles. The minimum absolute atomic E-state index is 0.108. The second-order valence-corrected chi connectivity index (χ2v) is 7.68. The van der Waals surface area contributed by atoms with Crippen molar-refractivity contribution < 1.29 is 13.2 Å². The van der Waals surface area contributed by atoms with Crippen molar-refractivity contribution in [1.82, 2.24) is 10.0 Å². The van der Waals surface area contributed by atoms with Gasteiger partial charge in [-0.15, -0.1) is 0 Å². The highest BCUT2D eigenvalue weighted by molar-refractivity contribution is 7.89. The number of anilines is 1. The predicted octanol–water partition coefficient (Wildman–Crippen LogP) is 2.71. The molecule has 7 heteroatoms. The van der Waals surface area contributed by atoms with Gasteiger partial charge < -0.3 is 10.6 Å². The Kier molecular flexibility index (Phi) is 6.17. The fourth-order valence-electron chi connectivity index (χ4n) is 2.28. The van der Waals surface area contributed by atoms with Crippen molar-refractivity contribution in [3.63, 3.8) is 0 Å². The summed E-state index contributed by atoms with van der Waals surface area (Å²) in [6.07, 6.45) is 0. The van der Waals surface area contributed by atoms with Crippen LogP contribution in [-0.2, 0) is 10.0 Å². The molecule has 3 N–H and O–H groups in total. The Balaban J connectivity index is 1.80. The van der Waals surface area contributed by atoms with Gasteiger partial charge in [0.1, 0.15) is 0 Å². The third-order valence-corrected chi connectivity index (χ3v) is 5.14. The highest BCUT2D eigenvalue weighted by Gasteiger charge is 2.13. The van der Waals surface area contributed by atoms with Crippen molar-refractivity contribution in [1.29, 1.82) is 0 Å². The second-order valence-electron chi connectivity index (χ2n) is 5.91. The molecule has 25 heavy (non-hydrogen) atoms. The zero-order valence-electron chi connectivity index (χ0n) is 14.6. The number of carbonyl (C=O) groups excluding carboxylic acids is 1. The van der Waals surface area contributed by atoms with Crippen molar-refractivity contribution in [2.45, 2.75) is 25.7 Å². The average molecular weight is 361 g/mol. The second kappa shape index (κ2) is 8.13. The van der Waals surface area contributed by atoms with Gasteiger partial charge in [-0.05, 0) is 44.5 Å². The van der Waals surface area contributed by atoms with E-state index in [9.17, 15) is 13.2 Å². The van der Waals surface area contributed by atoms with Crippen LogP contribution in [0.3, 0.4) is 0 Å². The summed E-state index contributed by atoms with van der Waals surface area (Å²) in [4.78, 5) is 12.1. The molecule has 0 aliphatic heterocycles. The molecule has 0 spiro atoms. The molecule has 2 amide bonds. The summed E-state index contributed by atoms with van der Waals surface area (Å²) < 4.78 is 26.7. The van der Waals surface area contributed by atoms with E-state index >= 15 is 0 Å². The SMILES string of the molecule is Cc1ccc(S(=O)(=O)NCCNC(=O)Nc2ccc(C)cc2C)cc1. The topological polar surface area (TPSA) is 87.3 Å². The van der Waals surface area contributed by atoms with Crippen LogP contribution >= 0.6 is 0 Å². The van der Waals surface area contributed by atoms with E-state index < -0.39 is 10.0 Å². The lowest BCUT2D eigenvalue weighted by Gasteiger charge is -2.11. The maximum absolute atomic E-state index is 12.1. The molecule has 2 aromatic carbocycles. The minimum Gasteiger partial charge on any atom is -0.337 e. The summed E-state index contributed by atoms with van der Waals surface area (Å²) in [5.41, 5.74) is 3.80. The van der Waals surface area contributed by atoms with Crippen LogP contribution in [0, 0.1) is 20.8 Å². The molecule has 0 bridgehead atoms. The zero-order valence-corrected chi connectivity index (χ0v) is 15.4. The Morgan fingerprint density at radius 3 is 2.20 bits per heavy atom. The molecule has 0 saturated carbocycles. The maximum Gasteiger partial charge on any atom is 0.319 e. The number of sulfonamides is 1. The number of hydrogen-bond donors (Lipinski definition) is 3. The first-order chi connectivity index (χ1) is 11.8. The van der Waals surface area contributed by atoms with Gasteiger partial charge in [-0.25, -0.2) is 17.9 Å². The third kappa shape index (κ3) is 5.58. The molecule has 0 fully saturated rings. The van der Waals surface area contributed by atoms with Gasteiger partial charge in [0.2, 0.25) is 10.0 Å². The van der Waals surface area contributed by atoms with Gasteiger partial charge in [0.15, 0.2) is 0 Å². The van der Waals surface area contributed by atoms with Crippen LogP contribution in [-0.4, -0.2) is 27.5 Å². The highest BCUT2D eigenvalue weighted by atomic mass is 32.2. The standard InChI is InChI=1S/C18H23N3O3S/c1-13-4-7-16(8-5-13)25(23,24)20-11-10-19-18(22)21-17-9-6-14(2)12-15(17)3/h4-9,12,20H,10-11H2,1-3H3,(H2,19,21,22). The van der Waals surface area contributed by atoms with Gasteiger partial charge in [-0.2, -0.15) is 0 Å². The van der Waals surface area contributed by atoms with Gasteiger partial charge in [-0.1, -0.05) is 35.4 Å². The number of hydrogen-bond acceptors (Lipinski definition) is 3. The number of aryl methyl sites for hydroxylation is 3. The number of carbonyl (C=O) groups is 1. The summed E-state index contributed by atoms with van der Waals surface area (Å²) >= 11 is 0. The monoisotopic (exact) mass is 361 g/mol. The summed E-state index contributed by atoms with van der Waals surface area (Å²) in [5.74, 6) is 0. The lowest BCUT2D eigenvalue weighted by atomic mass is 10.1. The number of rotatable bonds is 6. The van der Waals surface area contributed by atoms with E-state index in [1.54, 1.807) is 24.3 Å². The Labute approximate surface area is 148 Å². The summed E-state index contributed by atoms with van der Waals surface area (Å²) in [5, 5.41) is 5.37. The predicted molar refractivity (Wildman–Crippen MR) is 99.3 cm³/mol. The first kappa shape index (κ1) is 19.0. The Morgan fingerprint density at radius 1 is 0.920 bits per heavy atom. The van der Waals surface area contributed by atoms with Crippen LogP contribution < -0.4 is 15.4 Å². The van der Waals surface area contributed by atoms with Gasteiger partial charge in [0.05, 0.1) is 4.90 Å². The van der Waals surface area contributed by atoms with E-state index in [4.69, 9.17) is 0 Å². The lowest BCUT2D eigenvalue weighted by molar-refractivity contribution is 0.252. The van der Waals surface area contributed by atoms with E-state index in [0.717, 1.165) is 22.4 Å². The molecule has 0 radical (unpaired) electrons. The fourth-order valence-corrected chi connectivity index (χ4v) is 3.31. The normalized spacial score (nSPS) is 11.2. The van der Waals surface area contributed by atoms with Gasteiger partial charge >= 0.3 is 6.03 Å². The Morgan fingerprint density at radius 2 is 1.56 bits per heavy atom. The van der Waals surface area contributed by atoms with E-state index in [0.29, 0.717) is 0 Å². The van der Waals surface area contributed by atoms with E-state index in [-0.39, 0.29) is 24.0 Å². The van der Waals surface area contributed by atoms with Crippen LogP contribution in [0.2, 0.25) is 0 Å². The molecule has 6 nitrogen and oxygen atoms in total. The molecule has 0 aliphatic carbocycles. The number of urea groups is 1. The van der Waals surface area contributed by atoms with E-state index in [1.807, 2.05) is 39.0 Å². The van der Waals surface area contributed by atoms with Crippen LogP contribution in [0.25, 0.3) is 0 Å². The molecule has 0 atom stereocenters. The molecule has 0 heterocycles. The Hall–Kier alpha value is -2.38. The molecule has 2 aromatic rings. The summed E-state index contributed by atoms with van der Waals surface area (Å²) in [6.45, 7) is 6.08. The van der Waals surface area contributed by atoms with E-state index in [2.05, 4.69) is 15.4 Å². The van der Waals surface area contributed by atoms with Crippen LogP contribution in [0.15, 0.2) is 47.4 Å². The molecule has 2 rings (SSSR count). The Bertz CT molecular complexity index is 846. The molecule has 0 saturated heterocycles. The highest BCUT2D eigenvalue weighted by Crippen LogP contribution is 2.15. The maximum atomic E-state index is 12.1. The quantitative estimate of drug-likeness (QED) is 0.691. The number of amides is 2. The molecular formula is C18H23N3O3S. The van der Waals surface area contributed by atoms with Crippen LogP contribution in [0.1, 0.15) is 16.7 Å². The number of benzene rings is 2. The largest absolute Gasteiger partial charge is 0.337 e. The van der Waals surface area contributed by atoms with Crippen molar-refractivity contribution in [3.05, 3.63) is 59.2 Å². The van der Waals surface area contributed by atoms with Gasteiger partial charge in [-0.3, -0.25) is 0 Å². The molecular weight excluding hydrogens is 338 g/mol. The first-order valence-electron chi connectivity index (χ1n) is 7.96. The summed E-state index contributed by atoms with van der Waals surface area (Å²) in [7, 11) is -3.57. The first-order valence-corrected chi connectivity index (χ1v) is 9.45. The van der Waals surface area contributed by atoms with Crippen molar-refractivity contribution in [2.75, 3.05) is 18.4 Å². The number of nitrogens with one attached hydrogen (secondary N) is 3. The minimum atomic E-state index is -3.57. The molecule has 134 valence electrons. The molecule has 0 aliphatic rings. The third-order valence-electron chi connectivity index (χ3n) is 3.66. The fraction of sp³-hybridized carbons (Fsp3) is 0.278. The van der Waals surface area contributed by atoms with Gasteiger partial charge in [0, 0.05) is 18.8 Å². The van der Waals surface area contributed by atoms with Crippen molar-refractivity contribution >= 4 is 21.7 Å². The zero-order chi connectivity index (χ0) is 18.4. The van der Waals surface area contributed by atoms with Crippen LogP contribution in [0.5, 0.6) is 0 Å². The smallest absolute Gasteiger partial charge is 0.319 e. The van der Waals surface area contributed by atoms with Crippen LogP contribution in [0.4, 0.5) is 10.5 Å². The van der Waals surface area contributed by atoms with Gasteiger partial charge in [0.25, 0.3) is 0 Å². The lowest BCUT2D eigenvalue weighted by Crippen LogP contribution is -2.36. The summed E-state index contributed by atoms with van der Waals surface area (Å²) in [6, 6.07) is 11.9. The van der Waals surface area contributed by atoms with Crippen molar-refractivity contribution in [2.24, 2.45) is 0 Å². The van der Waals surface area contributed by atoms with Crippen molar-refractivity contribution in [3.8, 4) is 0 Å².